The van der Waals surface area contributed by atoms with Crippen molar-refractivity contribution in [2.75, 3.05) is 38.7 Å². The van der Waals surface area contributed by atoms with E-state index in [2.05, 4.69) is 25.9 Å². The Bertz CT molecular complexity index is 616. The number of hydrogen-bond donors (Lipinski definition) is 3. The molecule has 0 bridgehead atoms. The van der Waals surface area contributed by atoms with Crippen molar-refractivity contribution in [1.29, 1.82) is 0 Å². The number of hydrogen-bond acceptors (Lipinski definition) is 6. The summed E-state index contributed by atoms with van der Waals surface area (Å²) in [6.45, 7) is 2.69. The van der Waals surface area contributed by atoms with E-state index in [9.17, 15) is 4.79 Å². The van der Waals surface area contributed by atoms with Gasteiger partial charge < -0.3 is 20.7 Å². The van der Waals surface area contributed by atoms with Gasteiger partial charge in [-0.15, -0.1) is 24.8 Å². The van der Waals surface area contributed by atoms with E-state index in [-0.39, 0.29) is 30.7 Å². The quantitative estimate of drug-likeness (QED) is 0.570. The van der Waals surface area contributed by atoms with Crippen molar-refractivity contribution in [3.8, 4) is 0 Å². The lowest BCUT2D eigenvalue weighted by Gasteiger charge is -2.09. The number of ether oxygens (including phenoxy) is 1. The predicted octanol–water partition coefficient (Wildman–Crippen LogP) is 2.03. The molecule has 1 aromatic carbocycles. The van der Waals surface area contributed by atoms with Gasteiger partial charge in [-0.3, -0.25) is 9.78 Å². The van der Waals surface area contributed by atoms with Crippen molar-refractivity contribution in [1.82, 2.24) is 20.6 Å². The van der Waals surface area contributed by atoms with Gasteiger partial charge in [0.05, 0.1) is 12.8 Å². The number of nitrogens with one attached hydrogen (secondary N) is 3. The number of aromatic nitrogens is 2. The summed E-state index contributed by atoms with van der Waals surface area (Å²) in [5.74, 6) is 0.522. The molecule has 0 radical (unpaired) electrons. The van der Waals surface area contributed by atoms with Crippen LogP contribution in [0.2, 0.25) is 0 Å². The minimum absolute atomic E-state index is 0. The molecular formula is C16H23Cl2N5O2. The first-order valence-electron chi connectivity index (χ1n) is 7.40. The third-order valence-corrected chi connectivity index (χ3v) is 3.03. The molecule has 1 aromatic heterocycles. The highest BCUT2D eigenvalue weighted by Gasteiger charge is 2.06. The van der Waals surface area contributed by atoms with E-state index in [0.717, 1.165) is 12.2 Å². The highest BCUT2D eigenvalue weighted by molar-refractivity contribution is 5.95. The molecule has 9 heteroatoms. The number of anilines is 2. The van der Waals surface area contributed by atoms with E-state index >= 15 is 0 Å². The zero-order chi connectivity index (χ0) is 16.3. The summed E-state index contributed by atoms with van der Waals surface area (Å²) >= 11 is 0. The first-order valence-corrected chi connectivity index (χ1v) is 7.40. The second kappa shape index (κ2) is 13.4. The van der Waals surface area contributed by atoms with Gasteiger partial charge in [-0.2, -0.15) is 0 Å². The molecule has 7 nitrogen and oxygen atoms in total. The van der Waals surface area contributed by atoms with E-state index in [0.29, 0.717) is 31.1 Å². The van der Waals surface area contributed by atoms with Gasteiger partial charge in [0.2, 0.25) is 0 Å². The van der Waals surface area contributed by atoms with Gasteiger partial charge >= 0.3 is 0 Å². The molecule has 1 heterocycles. The van der Waals surface area contributed by atoms with Crippen molar-refractivity contribution in [3.63, 3.8) is 0 Å². The molecule has 25 heavy (non-hydrogen) atoms. The van der Waals surface area contributed by atoms with Gasteiger partial charge in [-0.25, -0.2) is 4.98 Å². The monoisotopic (exact) mass is 387 g/mol. The van der Waals surface area contributed by atoms with Gasteiger partial charge in [0.15, 0.2) is 0 Å². The van der Waals surface area contributed by atoms with E-state index in [1.165, 1.54) is 0 Å². The number of benzene rings is 1. The van der Waals surface area contributed by atoms with Crippen LogP contribution in [0.15, 0.2) is 42.9 Å². The standard InChI is InChI=1S/C16H21N5O2.2ClH/c1-23-10-9-17-5-8-20-16(22)13-3-2-4-14(11-13)21-15-12-18-6-7-19-15;;/h2-4,6-7,11-12,17H,5,8-10H2,1H3,(H,19,21)(H,20,22);2*1H. The second-order valence-electron chi connectivity index (χ2n) is 4.80. The molecule has 0 atom stereocenters. The second-order valence-corrected chi connectivity index (χ2v) is 4.80. The minimum atomic E-state index is -0.110. The van der Waals surface area contributed by atoms with Crippen LogP contribution in [0, 0.1) is 0 Å². The van der Waals surface area contributed by atoms with Crippen LogP contribution in [-0.4, -0.2) is 49.2 Å². The van der Waals surface area contributed by atoms with Crippen LogP contribution in [0.25, 0.3) is 0 Å². The smallest absolute Gasteiger partial charge is 0.251 e. The number of carbonyl (C=O) groups excluding carboxylic acids is 1. The van der Waals surface area contributed by atoms with Crippen LogP contribution >= 0.6 is 24.8 Å². The lowest BCUT2D eigenvalue weighted by atomic mass is 10.2. The van der Waals surface area contributed by atoms with Crippen molar-refractivity contribution < 1.29 is 9.53 Å². The fraction of sp³-hybridized carbons (Fsp3) is 0.312. The number of halogens is 2. The third kappa shape index (κ3) is 8.64. The molecule has 1 amide bonds. The molecule has 138 valence electrons. The van der Waals surface area contributed by atoms with Gasteiger partial charge in [-0.1, -0.05) is 6.07 Å². The zero-order valence-corrected chi connectivity index (χ0v) is 15.5. The fourth-order valence-corrected chi connectivity index (χ4v) is 1.92. The van der Waals surface area contributed by atoms with Crippen LogP contribution in [0.5, 0.6) is 0 Å². The Labute approximate surface area is 159 Å². The molecule has 0 spiro atoms. The summed E-state index contributed by atoms with van der Waals surface area (Å²) in [6, 6.07) is 7.25. The largest absolute Gasteiger partial charge is 0.383 e. The molecule has 0 unspecified atom stereocenters. The normalized spacial score (nSPS) is 9.48. The summed E-state index contributed by atoms with van der Waals surface area (Å²) < 4.78 is 4.93. The third-order valence-electron chi connectivity index (χ3n) is 3.03. The molecule has 0 aliphatic rings. The molecule has 0 saturated heterocycles. The van der Waals surface area contributed by atoms with Gasteiger partial charge in [0.25, 0.3) is 5.91 Å². The Morgan fingerprint density at radius 3 is 2.72 bits per heavy atom. The SMILES string of the molecule is COCCNCCNC(=O)c1cccc(Nc2cnccn2)c1.Cl.Cl. The number of amides is 1. The predicted molar refractivity (Wildman–Crippen MR) is 103 cm³/mol. The summed E-state index contributed by atoms with van der Waals surface area (Å²) in [5.41, 5.74) is 1.38. The number of carbonyl (C=O) groups is 1. The molecule has 2 aromatic rings. The van der Waals surface area contributed by atoms with Crippen molar-refractivity contribution in [3.05, 3.63) is 48.4 Å². The van der Waals surface area contributed by atoms with E-state index in [4.69, 9.17) is 4.74 Å². The Kier molecular flexibility index (Phi) is 12.3. The topological polar surface area (TPSA) is 88.2 Å². The van der Waals surface area contributed by atoms with Crippen LogP contribution in [0.3, 0.4) is 0 Å². The lowest BCUT2D eigenvalue weighted by molar-refractivity contribution is 0.0953. The highest BCUT2D eigenvalue weighted by atomic mass is 35.5. The minimum Gasteiger partial charge on any atom is -0.383 e. The Hall–Kier alpha value is -1.93. The maximum Gasteiger partial charge on any atom is 0.251 e. The first-order chi connectivity index (χ1) is 11.3. The van der Waals surface area contributed by atoms with E-state index in [1.54, 1.807) is 37.8 Å². The molecule has 3 N–H and O–H groups in total. The average molecular weight is 388 g/mol. The number of nitrogens with zero attached hydrogens (tertiary/aromatic N) is 2. The molecule has 0 saturated carbocycles. The number of rotatable bonds is 9. The van der Waals surface area contributed by atoms with Crippen LogP contribution in [0.4, 0.5) is 11.5 Å². The lowest BCUT2D eigenvalue weighted by Crippen LogP contribution is -2.33. The number of methoxy groups -OCH3 is 1. The molecule has 0 aliphatic heterocycles. The summed E-state index contributed by atoms with van der Waals surface area (Å²) in [5, 5.41) is 9.15. The maximum absolute atomic E-state index is 12.1. The molecule has 0 aliphatic carbocycles. The van der Waals surface area contributed by atoms with Crippen LogP contribution in [0.1, 0.15) is 10.4 Å². The molecule has 0 fully saturated rings. The Morgan fingerprint density at radius 1 is 1.16 bits per heavy atom. The molecular weight excluding hydrogens is 365 g/mol. The Balaban J connectivity index is 0.00000288. The average Bonchev–Trinajstić information content (AvgIpc) is 2.59. The fourth-order valence-electron chi connectivity index (χ4n) is 1.92. The van der Waals surface area contributed by atoms with Crippen LogP contribution in [-0.2, 0) is 4.74 Å². The zero-order valence-electron chi connectivity index (χ0n) is 13.9. The van der Waals surface area contributed by atoms with Crippen molar-refractivity contribution in [2.24, 2.45) is 0 Å². The van der Waals surface area contributed by atoms with Gasteiger partial charge in [0.1, 0.15) is 5.82 Å². The van der Waals surface area contributed by atoms with E-state index < -0.39 is 0 Å². The summed E-state index contributed by atoms with van der Waals surface area (Å²) in [7, 11) is 1.66. The van der Waals surface area contributed by atoms with Crippen molar-refractivity contribution >= 4 is 42.2 Å². The van der Waals surface area contributed by atoms with Gasteiger partial charge in [0, 0.05) is 50.4 Å². The highest BCUT2D eigenvalue weighted by Crippen LogP contribution is 2.15. The Morgan fingerprint density at radius 2 is 2.00 bits per heavy atom. The van der Waals surface area contributed by atoms with E-state index in [1.807, 2.05) is 12.1 Å². The first kappa shape index (κ1) is 23.1. The maximum atomic E-state index is 12.1. The summed E-state index contributed by atoms with van der Waals surface area (Å²) in [4.78, 5) is 20.2. The van der Waals surface area contributed by atoms with Crippen LogP contribution < -0.4 is 16.0 Å². The molecule has 2 rings (SSSR count). The summed E-state index contributed by atoms with van der Waals surface area (Å²) in [6.07, 6.45) is 4.84. The van der Waals surface area contributed by atoms with Crippen molar-refractivity contribution in [2.45, 2.75) is 0 Å². The van der Waals surface area contributed by atoms with Gasteiger partial charge in [-0.05, 0) is 18.2 Å².